The average molecular weight is 225 g/mol. The van der Waals surface area contributed by atoms with E-state index in [4.69, 9.17) is 18.0 Å². The number of hydrogen-bond acceptors (Lipinski definition) is 3. The van der Waals surface area contributed by atoms with Gasteiger partial charge in [0.15, 0.2) is 10.9 Å². The molecule has 4 N–H and O–H groups in total. The smallest absolute Gasteiger partial charge is 0.189 e. The van der Waals surface area contributed by atoms with E-state index in [0.717, 1.165) is 12.2 Å². The first-order valence-corrected chi connectivity index (χ1v) is 4.93. The van der Waals surface area contributed by atoms with Gasteiger partial charge in [0.25, 0.3) is 0 Å². The Balaban J connectivity index is 2.56. The van der Waals surface area contributed by atoms with Gasteiger partial charge in [0.2, 0.25) is 0 Å². The Kier molecular flexibility index (Phi) is 4.11. The molecule has 1 heterocycles. The molecule has 0 spiro atoms. The van der Waals surface area contributed by atoms with E-state index >= 15 is 0 Å². The largest absolute Gasteiger partial charge is 0.381 e. The zero-order valence-electron chi connectivity index (χ0n) is 8.82. The molecule has 0 aromatic heterocycles. The fraction of sp³-hybridized carbons (Fsp3) is 0.333. The molecule has 0 fully saturated rings. The first-order valence-electron chi connectivity index (χ1n) is 4.53. The third-order valence-electron chi connectivity index (χ3n) is 1.76. The van der Waals surface area contributed by atoms with Crippen LogP contribution in [-0.2, 0) is 0 Å². The molecule has 0 aromatic carbocycles. The van der Waals surface area contributed by atoms with Crippen molar-refractivity contribution < 1.29 is 0 Å². The van der Waals surface area contributed by atoms with E-state index in [1.165, 1.54) is 0 Å². The molecule has 0 radical (unpaired) electrons. The molecule has 0 bridgehead atoms. The normalized spacial score (nSPS) is 15.3. The maximum absolute atomic E-state index is 5.74. The highest BCUT2D eigenvalue weighted by molar-refractivity contribution is 7.80. The second kappa shape index (κ2) is 5.35. The predicted molar refractivity (Wildman–Crippen MR) is 66.3 cm³/mol. The predicted octanol–water partition coefficient (Wildman–Crippen LogP) is -0.262. The summed E-state index contributed by atoms with van der Waals surface area (Å²) in [5.74, 6) is 0.392. The third kappa shape index (κ3) is 3.59. The van der Waals surface area contributed by atoms with Crippen molar-refractivity contribution in [2.24, 2.45) is 10.8 Å². The molecule has 5 nitrogen and oxygen atoms in total. The van der Waals surface area contributed by atoms with Crippen molar-refractivity contribution in [1.29, 1.82) is 0 Å². The summed E-state index contributed by atoms with van der Waals surface area (Å²) in [4.78, 5) is 1.74. The van der Waals surface area contributed by atoms with Gasteiger partial charge < -0.3 is 16.0 Å². The standard InChI is InChI=1S/C9H15N5S/c1-14(2)9(15)13-12-8(10)7-5-3-4-6-11-7/h3-5,11H,6H2,1-2H3,(H2,10,12)(H,13,15). The van der Waals surface area contributed by atoms with E-state index in [1.807, 2.05) is 32.3 Å². The Morgan fingerprint density at radius 1 is 1.67 bits per heavy atom. The van der Waals surface area contributed by atoms with E-state index in [0.29, 0.717) is 10.9 Å². The molecule has 0 atom stereocenters. The number of hydrogen-bond donors (Lipinski definition) is 3. The molecule has 15 heavy (non-hydrogen) atoms. The molecular formula is C9H15N5S. The maximum Gasteiger partial charge on any atom is 0.189 e. The lowest BCUT2D eigenvalue weighted by Gasteiger charge is -2.14. The fourth-order valence-electron chi connectivity index (χ4n) is 0.904. The summed E-state index contributed by atoms with van der Waals surface area (Å²) in [7, 11) is 3.67. The van der Waals surface area contributed by atoms with E-state index < -0.39 is 0 Å². The van der Waals surface area contributed by atoms with Crippen molar-refractivity contribution >= 4 is 23.2 Å². The molecule has 0 saturated heterocycles. The number of nitrogens with two attached hydrogens (primary N) is 1. The molecule has 1 aliphatic heterocycles. The lowest BCUT2D eigenvalue weighted by Crippen LogP contribution is -2.35. The van der Waals surface area contributed by atoms with Crippen molar-refractivity contribution in [2.75, 3.05) is 20.6 Å². The topological polar surface area (TPSA) is 65.7 Å². The van der Waals surface area contributed by atoms with Crippen LogP contribution in [0.1, 0.15) is 0 Å². The van der Waals surface area contributed by atoms with Gasteiger partial charge in [-0.05, 0) is 18.3 Å². The van der Waals surface area contributed by atoms with Crippen LogP contribution in [0, 0.1) is 0 Å². The molecule has 0 saturated carbocycles. The van der Waals surface area contributed by atoms with Crippen molar-refractivity contribution in [3.05, 3.63) is 23.9 Å². The second-order valence-electron chi connectivity index (χ2n) is 3.20. The van der Waals surface area contributed by atoms with Gasteiger partial charge >= 0.3 is 0 Å². The van der Waals surface area contributed by atoms with Crippen LogP contribution in [-0.4, -0.2) is 36.5 Å². The maximum atomic E-state index is 5.74. The molecule has 0 aromatic rings. The van der Waals surface area contributed by atoms with Crippen molar-refractivity contribution in [1.82, 2.24) is 15.6 Å². The van der Waals surface area contributed by atoms with Gasteiger partial charge in [-0.3, -0.25) is 5.43 Å². The Labute approximate surface area is 94.7 Å². The van der Waals surface area contributed by atoms with Crippen LogP contribution in [0.2, 0.25) is 0 Å². The minimum atomic E-state index is 0.392. The number of amidine groups is 1. The van der Waals surface area contributed by atoms with Gasteiger partial charge in [0, 0.05) is 20.6 Å². The Morgan fingerprint density at radius 3 is 2.93 bits per heavy atom. The minimum absolute atomic E-state index is 0.392. The molecule has 0 unspecified atom stereocenters. The molecule has 6 heteroatoms. The van der Waals surface area contributed by atoms with Gasteiger partial charge in [-0.15, -0.1) is 0 Å². The monoisotopic (exact) mass is 225 g/mol. The van der Waals surface area contributed by atoms with Crippen LogP contribution in [0.4, 0.5) is 0 Å². The summed E-state index contributed by atoms with van der Waals surface area (Å²) in [6.07, 6.45) is 5.79. The third-order valence-corrected chi connectivity index (χ3v) is 2.22. The summed E-state index contributed by atoms with van der Waals surface area (Å²) < 4.78 is 0. The second-order valence-corrected chi connectivity index (χ2v) is 3.58. The van der Waals surface area contributed by atoms with Gasteiger partial charge in [0.1, 0.15) is 0 Å². The SMILES string of the molecule is CN(C)C(=S)NN=C(N)C1=CC=CCN1. The first kappa shape index (κ1) is 11.5. The fourth-order valence-corrected chi connectivity index (χ4v) is 0.950. The van der Waals surface area contributed by atoms with Gasteiger partial charge in [-0.2, -0.15) is 5.10 Å². The number of allylic oxidation sites excluding steroid dienone is 2. The molecular weight excluding hydrogens is 210 g/mol. The number of hydrazone groups is 1. The van der Waals surface area contributed by atoms with E-state index in [9.17, 15) is 0 Å². The summed E-state index contributed by atoms with van der Waals surface area (Å²) in [5, 5.41) is 7.58. The highest BCUT2D eigenvalue weighted by Gasteiger charge is 2.03. The molecule has 0 aliphatic carbocycles. The van der Waals surface area contributed by atoms with Crippen LogP contribution < -0.4 is 16.5 Å². The quantitative estimate of drug-likeness (QED) is 0.261. The number of thiocarbonyl (C=S) groups is 1. The summed E-state index contributed by atoms with van der Waals surface area (Å²) in [6.45, 7) is 0.764. The number of dihydropyridines is 1. The molecule has 0 amide bonds. The van der Waals surface area contributed by atoms with E-state index in [1.54, 1.807) is 4.90 Å². The average Bonchev–Trinajstić information content (AvgIpc) is 2.26. The Morgan fingerprint density at radius 2 is 2.40 bits per heavy atom. The van der Waals surface area contributed by atoms with Gasteiger partial charge in [0.05, 0.1) is 5.70 Å². The van der Waals surface area contributed by atoms with E-state index in [-0.39, 0.29) is 0 Å². The molecule has 1 aliphatic rings. The van der Waals surface area contributed by atoms with Crippen LogP contribution in [0.15, 0.2) is 29.0 Å². The van der Waals surface area contributed by atoms with Crippen LogP contribution in [0.5, 0.6) is 0 Å². The highest BCUT2D eigenvalue weighted by Crippen LogP contribution is 1.95. The lowest BCUT2D eigenvalue weighted by molar-refractivity contribution is 0.605. The zero-order chi connectivity index (χ0) is 11.3. The van der Waals surface area contributed by atoms with E-state index in [2.05, 4.69) is 15.8 Å². The zero-order valence-corrected chi connectivity index (χ0v) is 9.64. The summed E-state index contributed by atoms with van der Waals surface area (Å²) in [6, 6.07) is 0. The highest BCUT2D eigenvalue weighted by atomic mass is 32.1. The van der Waals surface area contributed by atoms with Crippen molar-refractivity contribution in [3.63, 3.8) is 0 Å². The number of nitrogens with one attached hydrogen (secondary N) is 2. The van der Waals surface area contributed by atoms with Crippen molar-refractivity contribution in [3.8, 4) is 0 Å². The lowest BCUT2D eigenvalue weighted by atomic mass is 10.3. The number of nitrogens with zero attached hydrogens (tertiary/aromatic N) is 2. The molecule has 1 rings (SSSR count). The van der Waals surface area contributed by atoms with Crippen LogP contribution >= 0.6 is 12.2 Å². The first-order chi connectivity index (χ1) is 7.11. The Bertz CT molecular complexity index is 329. The van der Waals surface area contributed by atoms with Crippen LogP contribution in [0.3, 0.4) is 0 Å². The van der Waals surface area contributed by atoms with Gasteiger partial charge in [-0.25, -0.2) is 0 Å². The summed E-state index contributed by atoms with van der Waals surface area (Å²) in [5.41, 5.74) is 9.23. The summed E-state index contributed by atoms with van der Waals surface area (Å²) >= 11 is 5.00. The van der Waals surface area contributed by atoms with Crippen molar-refractivity contribution in [2.45, 2.75) is 0 Å². The molecule has 82 valence electrons. The Hall–Kier alpha value is -1.56. The van der Waals surface area contributed by atoms with Crippen LogP contribution in [0.25, 0.3) is 0 Å². The minimum Gasteiger partial charge on any atom is -0.381 e. The van der Waals surface area contributed by atoms with Gasteiger partial charge in [-0.1, -0.05) is 12.2 Å². The number of rotatable bonds is 2.